The molecular formula is C23H30N6O2. The molecule has 1 aromatic carbocycles. The van der Waals surface area contributed by atoms with Gasteiger partial charge in [-0.25, -0.2) is 4.68 Å². The van der Waals surface area contributed by atoms with Crippen LogP contribution in [-0.4, -0.2) is 50.3 Å². The third-order valence-electron chi connectivity index (χ3n) is 6.82. The van der Waals surface area contributed by atoms with Gasteiger partial charge in [-0.1, -0.05) is 25.7 Å². The molecule has 1 atom stereocenters. The third-order valence-corrected chi connectivity index (χ3v) is 6.82. The van der Waals surface area contributed by atoms with Crippen LogP contribution in [0, 0.1) is 0 Å². The Balaban J connectivity index is 1.62. The zero-order valence-corrected chi connectivity index (χ0v) is 18.1. The van der Waals surface area contributed by atoms with E-state index in [1.807, 2.05) is 28.9 Å². The maximum Gasteiger partial charge on any atom is 0.253 e. The van der Waals surface area contributed by atoms with Gasteiger partial charge in [0.1, 0.15) is 11.8 Å². The number of rotatable bonds is 5. The zero-order valence-electron chi connectivity index (χ0n) is 18.1. The summed E-state index contributed by atoms with van der Waals surface area (Å²) in [6.45, 7) is 1.89. The van der Waals surface area contributed by atoms with Crippen LogP contribution in [0.5, 0.6) is 5.75 Å². The second-order valence-electron chi connectivity index (χ2n) is 8.78. The minimum Gasteiger partial charge on any atom is -0.497 e. The standard InChI is InChI=1S/C23H30N6O2/c1-31-18-11-10-16-14-19(23(30)24-20(16)15-18)21(28-12-6-3-7-13-28)22-25-26-27-29(22)17-8-4-2-5-9-17/h10-11,14-15,17,21H,2-9,12-13H2,1H3,(H,24,30). The summed E-state index contributed by atoms with van der Waals surface area (Å²) >= 11 is 0. The summed E-state index contributed by atoms with van der Waals surface area (Å²) in [5.41, 5.74) is 1.40. The van der Waals surface area contributed by atoms with Crippen molar-refractivity contribution in [2.75, 3.05) is 20.2 Å². The number of hydrogen-bond acceptors (Lipinski definition) is 6. The number of tetrazole rings is 1. The Morgan fingerprint density at radius 2 is 1.84 bits per heavy atom. The number of ether oxygens (including phenoxy) is 1. The van der Waals surface area contributed by atoms with Crippen LogP contribution < -0.4 is 10.3 Å². The van der Waals surface area contributed by atoms with Crippen LogP contribution in [0.2, 0.25) is 0 Å². The summed E-state index contributed by atoms with van der Waals surface area (Å²) in [6.07, 6.45) is 9.36. The Kier molecular flexibility index (Phi) is 5.72. The smallest absolute Gasteiger partial charge is 0.253 e. The molecule has 1 unspecified atom stereocenters. The van der Waals surface area contributed by atoms with Crippen LogP contribution in [0.1, 0.15) is 74.8 Å². The lowest BCUT2D eigenvalue weighted by Gasteiger charge is -2.34. The van der Waals surface area contributed by atoms with Gasteiger partial charge in [0, 0.05) is 11.6 Å². The molecule has 31 heavy (non-hydrogen) atoms. The molecule has 8 nitrogen and oxygen atoms in total. The van der Waals surface area contributed by atoms with Crippen LogP contribution in [0.25, 0.3) is 10.9 Å². The molecule has 0 amide bonds. The van der Waals surface area contributed by atoms with Crippen LogP contribution in [0.4, 0.5) is 0 Å². The molecular weight excluding hydrogens is 392 g/mol. The van der Waals surface area contributed by atoms with E-state index in [1.54, 1.807) is 7.11 Å². The van der Waals surface area contributed by atoms with Gasteiger partial charge >= 0.3 is 0 Å². The number of piperidine rings is 1. The quantitative estimate of drug-likeness (QED) is 0.676. The van der Waals surface area contributed by atoms with Gasteiger partial charge < -0.3 is 9.72 Å². The second kappa shape index (κ2) is 8.78. The lowest BCUT2D eigenvalue weighted by Crippen LogP contribution is -2.39. The maximum atomic E-state index is 13.3. The first-order valence-electron chi connectivity index (χ1n) is 11.5. The molecule has 1 aliphatic heterocycles. The van der Waals surface area contributed by atoms with E-state index in [1.165, 1.54) is 25.7 Å². The molecule has 1 saturated carbocycles. The fraction of sp³-hybridized carbons (Fsp3) is 0.565. The molecule has 164 valence electrons. The minimum absolute atomic E-state index is 0.0884. The first-order valence-corrected chi connectivity index (χ1v) is 11.5. The number of hydrogen-bond donors (Lipinski definition) is 1. The van der Waals surface area contributed by atoms with Crippen LogP contribution >= 0.6 is 0 Å². The van der Waals surface area contributed by atoms with E-state index >= 15 is 0 Å². The van der Waals surface area contributed by atoms with Crippen molar-refractivity contribution in [1.82, 2.24) is 30.1 Å². The van der Waals surface area contributed by atoms with Crippen molar-refractivity contribution in [2.45, 2.75) is 63.5 Å². The van der Waals surface area contributed by atoms with Gasteiger partial charge in [0.25, 0.3) is 5.56 Å². The van der Waals surface area contributed by atoms with E-state index in [9.17, 15) is 4.79 Å². The zero-order chi connectivity index (χ0) is 21.2. The van der Waals surface area contributed by atoms with Crippen LogP contribution in [0.15, 0.2) is 29.1 Å². The molecule has 5 rings (SSSR count). The minimum atomic E-state index is -0.243. The predicted molar refractivity (Wildman–Crippen MR) is 118 cm³/mol. The Bertz CT molecular complexity index is 1090. The van der Waals surface area contributed by atoms with Crippen molar-refractivity contribution in [3.05, 3.63) is 46.0 Å². The van der Waals surface area contributed by atoms with Crippen molar-refractivity contribution < 1.29 is 4.74 Å². The fourth-order valence-electron chi connectivity index (χ4n) is 5.17. The van der Waals surface area contributed by atoms with Gasteiger partial charge in [-0.3, -0.25) is 9.69 Å². The molecule has 2 aliphatic rings. The maximum absolute atomic E-state index is 13.3. The highest BCUT2D eigenvalue weighted by atomic mass is 16.5. The van der Waals surface area contributed by atoms with E-state index in [0.29, 0.717) is 11.6 Å². The van der Waals surface area contributed by atoms with E-state index in [-0.39, 0.29) is 11.6 Å². The lowest BCUT2D eigenvalue weighted by atomic mass is 9.94. The van der Waals surface area contributed by atoms with Gasteiger partial charge in [0.05, 0.1) is 18.7 Å². The summed E-state index contributed by atoms with van der Waals surface area (Å²) in [6, 6.07) is 7.86. The molecule has 1 N–H and O–H groups in total. The second-order valence-corrected chi connectivity index (χ2v) is 8.78. The number of aromatic nitrogens is 5. The number of H-pyrrole nitrogens is 1. The van der Waals surface area contributed by atoms with Gasteiger partial charge in [0.2, 0.25) is 0 Å². The number of likely N-dealkylation sites (tertiary alicyclic amines) is 1. The van der Waals surface area contributed by atoms with Crippen LogP contribution in [0.3, 0.4) is 0 Å². The highest BCUT2D eigenvalue weighted by Gasteiger charge is 2.33. The summed E-state index contributed by atoms with van der Waals surface area (Å²) in [5, 5.41) is 13.9. The first-order chi connectivity index (χ1) is 15.2. The molecule has 2 aromatic heterocycles. The molecule has 0 radical (unpaired) electrons. The Hall–Kier alpha value is -2.74. The van der Waals surface area contributed by atoms with Gasteiger partial charge in [-0.05, 0) is 72.8 Å². The molecule has 0 spiro atoms. The van der Waals surface area contributed by atoms with Crippen molar-refractivity contribution >= 4 is 10.9 Å². The fourth-order valence-corrected chi connectivity index (χ4v) is 5.17. The largest absolute Gasteiger partial charge is 0.497 e. The Morgan fingerprint density at radius 1 is 1.06 bits per heavy atom. The molecule has 1 aliphatic carbocycles. The lowest BCUT2D eigenvalue weighted by molar-refractivity contribution is 0.171. The predicted octanol–water partition coefficient (Wildman–Crippen LogP) is 3.60. The number of methoxy groups -OCH3 is 1. The number of nitrogens with one attached hydrogen (secondary N) is 1. The van der Waals surface area contributed by atoms with Gasteiger partial charge in [-0.15, -0.1) is 5.10 Å². The van der Waals surface area contributed by atoms with Gasteiger partial charge in [0.15, 0.2) is 5.82 Å². The average Bonchev–Trinajstić information content (AvgIpc) is 3.30. The number of pyridine rings is 1. The van der Waals surface area contributed by atoms with E-state index in [4.69, 9.17) is 4.74 Å². The highest BCUT2D eigenvalue weighted by Crippen LogP contribution is 2.34. The van der Waals surface area contributed by atoms with E-state index in [0.717, 1.165) is 61.2 Å². The van der Waals surface area contributed by atoms with Crippen LogP contribution in [-0.2, 0) is 0 Å². The first kappa shape index (κ1) is 20.2. The number of fused-ring (bicyclic) bond motifs is 1. The number of nitrogens with zero attached hydrogens (tertiary/aromatic N) is 5. The summed E-state index contributed by atoms with van der Waals surface area (Å²) < 4.78 is 7.33. The normalized spacial score (nSPS) is 19.5. The summed E-state index contributed by atoms with van der Waals surface area (Å²) in [5.74, 6) is 1.52. The summed E-state index contributed by atoms with van der Waals surface area (Å²) in [7, 11) is 1.63. The van der Waals surface area contributed by atoms with Crippen molar-refractivity contribution in [2.24, 2.45) is 0 Å². The molecule has 0 bridgehead atoms. The molecule has 3 aromatic rings. The monoisotopic (exact) mass is 422 g/mol. The Morgan fingerprint density at radius 3 is 2.61 bits per heavy atom. The van der Waals surface area contributed by atoms with Crippen molar-refractivity contribution in [1.29, 1.82) is 0 Å². The SMILES string of the molecule is COc1ccc2cc(C(c3nnnn3C3CCCCC3)N3CCCCC3)c(=O)[nH]c2c1. The molecule has 1 saturated heterocycles. The summed E-state index contributed by atoms with van der Waals surface area (Å²) in [4.78, 5) is 18.8. The third kappa shape index (κ3) is 3.96. The number of benzene rings is 1. The highest BCUT2D eigenvalue weighted by molar-refractivity contribution is 5.80. The van der Waals surface area contributed by atoms with E-state index < -0.39 is 0 Å². The number of aromatic amines is 1. The van der Waals surface area contributed by atoms with Crippen molar-refractivity contribution in [3.8, 4) is 5.75 Å². The van der Waals surface area contributed by atoms with Crippen molar-refractivity contribution in [3.63, 3.8) is 0 Å². The molecule has 8 heteroatoms. The molecule has 2 fully saturated rings. The van der Waals surface area contributed by atoms with E-state index in [2.05, 4.69) is 25.4 Å². The average molecular weight is 423 g/mol. The van der Waals surface area contributed by atoms with Gasteiger partial charge in [-0.2, -0.15) is 0 Å². The Labute approximate surface area is 181 Å². The molecule has 3 heterocycles. The topological polar surface area (TPSA) is 88.9 Å².